The second-order valence-corrected chi connectivity index (χ2v) is 6.99. The van der Waals surface area contributed by atoms with E-state index in [4.69, 9.17) is 0 Å². The van der Waals surface area contributed by atoms with Crippen molar-refractivity contribution in [3.8, 4) is 0 Å². The van der Waals surface area contributed by atoms with E-state index in [0.717, 1.165) is 23.1 Å². The Hall–Kier alpha value is -3.09. The summed E-state index contributed by atoms with van der Waals surface area (Å²) in [6.07, 6.45) is 3.42. The first-order chi connectivity index (χ1) is 13.2. The van der Waals surface area contributed by atoms with Crippen molar-refractivity contribution in [1.29, 1.82) is 0 Å². The highest BCUT2D eigenvalue weighted by Crippen LogP contribution is 2.39. The summed E-state index contributed by atoms with van der Waals surface area (Å²) in [5.41, 5.74) is 3.22. The van der Waals surface area contributed by atoms with Gasteiger partial charge in [0, 0.05) is 31.9 Å². The van der Waals surface area contributed by atoms with Gasteiger partial charge in [-0.05, 0) is 29.2 Å². The first-order valence-corrected chi connectivity index (χ1v) is 9.07. The minimum atomic E-state index is -1.21. The molecule has 27 heavy (non-hydrogen) atoms. The summed E-state index contributed by atoms with van der Waals surface area (Å²) >= 11 is 0. The van der Waals surface area contributed by atoms with E-state index in [0.29, 0.717) is 19.5 Å². The summed E-state index contributed by atoms with van der Waals surface area (Å²) in [5, 5.41) is 4.39. The van der Waals surface area contributed by atoms with Gasteiger partial charge in [-0.15, -0.1) is 5.10 Å². The molecule has 3 aromatic rings. The number of halogens is 1. The van der Waals surface area contributed by atoms with Crippen LogP contribution in [0.1, 0.15) is 51.8 Å². The van der Waals surface area contributed by atoms with Crippen LogP contribution in [0, 0.1) is 0 Å². The topological polar surface area (TPSA) is 63.9 Å². The summed E-state index contributed by atoms with van der Waals surface area (Å²) < 4.78 is 16.1. The maximum atomic E-state index is 14.5. The summed E-state index contributed by atoms with van der Waals surface area (Å²) in [6, 6.07) is 11.4. The maximum absolute atomic E-state index is 14.5. The lowest BCUT2D eigenvalue weighted by Crippen LogP contribution is -2.36. The van der Waals surface area contributed by atoms with Crippen molar-refractivity contribution in [2.75, 3.05) is 6.54 Å². The van der Waals surface area contributed by atoms with Crippen molar-refractivity contribution >= 4 is 5.91 Å². The van der Waals surface area contributed by atoms with E-state index in [-0.39, 0.29) is 23.6 Å². The third-order valence-corrected chi connectivity index (χ3v) is 5.34. The van der Waals surface area contributed by atoms with Gasteiger partial charge >= 0.3 is 0 Å². The third kappa shape index (κ3) is 2.70. The fourth-order valence-corrected chi connectivity index (χ4v) is 3.91. The fourth-order valence-electron chi connectivity index (χ4n) is 3.91. The molecule has 0 saturated heterocycles. The normalized spacial score (nSPS) is 21.0. The molecule has 2 aliphatic heterocycles. The molecule has 0 bridgehead atoms. The van der Waals surface area contributed by atoms with Gasteiger partial charge in [-0.3, -0.25) is 9.78 Å². The zero-order chi connectivity index (χ0) is 18.4. The highest BCUT2D eigenvalue weighted by atomic mass is 19.1. The number of nitrogens with zero attached hydrogens (tertiary/aromatic N) is 5. The standard InChI is InChI=1S/C20H18FN5O/c21-16-10-17(13-4-2-1-3-5-13)26-19(16)23-18(24-26)20(27)25-9-7-14-11-22-8-6-15(14)12-25/h1-6,8,11,16-17H,7,9-10,12H2/t16-,17-/m0/s1. The lowest BCUT2D eigenvalue weighted by molar-refractivity contribution is 0.0721. The molecule has 0 unspecified atom stereocenters. The molecule has 6 nitrogen and oxygen atoms in total. The molecule has 0 fully saturated rings. The molecule has 0 radical (unpaired) electrons. The molecular weight excluding hydrogens is 345 g/mol. The average molecular weight is 363 g/mol. The van der Waals surface area contributed by atoms with Gasteiger partial charge in [-0.2, -0.15) is 0 Å². The number of carbonyl (C=O) groups excluding carboxylic acids is 1. The lowest BCUT2D eigenvalue weighted by atomic mass is 10.0. The fraction of sp³-hybridized carbons (Fsp3) is 0.300. The molecule has 0 aliphatic carbocycles. The van der Waals surface area contributed by atoms with Crippen molar-refractivity contribution in [3.63, 3.8) is 0 Å². The van der Waals surface area contributed by atoms with E-state index >= 15 is 0 Å². The van der Waals surface area contributed by atoms with E-state index in [9.17, 15) is 9.18 Å². The summed E-state index contributed by atoms with van der Waals surface area (Å²) in [4.78, 5) is 23.0. The van der Waals surface area contributed by atoms with Crippen molar-refractivity contribution < 1.29 is 9.18 Å². The third-order valence-electron chi connectivity index (χ3n) is 5.34. The van der Waals surface area contributed by atoms with Crippen molar-refractivity contribution in [2.24, 2.45) is 0 Å². The van der Waals surface area contributed by atoms with Gasteiger partial charge in [0.2, 0.25) is 5.82 Å². The predicted molar refractivity (Wildman–Crippen MR) is 95.8 cm³/mol. The van der Waals surface area contributed by atoms with E-state index in [2.05, 4.69) is 15.1 Å². The van der Waals surface area contributed by atoms with Gasteiger partial charge in [0.25, 0.3) is 5.91 Å². The second kappa shape index (κ2) is 6.26. The Morgan fingerprint density at radius 3 is 2.85 bits per heavy atom. The molecular formula is C20H18FN5O. The van der Waals surface area contributed by atoms with Crippen LogP contribution in [0.2, 0.25) is 0 Å². The number of alkyl halides is 1. The van der Waals surface area contributed by atoms with Crippen LogP contribution in [-0.4, -0.2) is 37.1 Å². The minimum Gasteiger partial charge on any atom is -0.331 e. The summed E-state index contributed by atoms with van der Waals surface area (Å²) in [6.45, 7) is 1.09. The van der Waals surface area contributed by atoms with Gasteiger partial charge < -0.3 is 4.90 Å². The van der Waals surface area contributed by atoms with E-state index in [1.54, 1.807) is 15.8 Å². The average Bonchev–Trinajstić information content (AvgIpc) is 3.28. The maximum Gasteiger partial charge on any atom is 0.293 e. The number of benzene rings is 1. The van der Waals surface area contributed by atoms with Gasteiger partial charge in [-0.1, -0.05) is 30.3 Å². The van der Waals surface area contributed by atoms with Gasteiger partial charge in [0.15, 0.2) is 12.0 Å². The Morgan fingerprint density at radius 1 is 1.15 bits per heavy atom. The van der Waals surface area contributed by atoms with Gasteiger partial charge in [0.1, 0.15) is 0 Å². The Labute approximate surface area is 155 Å². The van der Waals surface area contributed by atoms with Crippen LogP contribution in [0.4, 0.5) is 4.39 Å². The zero-order valence-corrected chi connectivity index (χ0v) is 14.6. The molecule has 1 aromatic carbocycles. The van der Waals surface area contributed by atoms with Crippen LogP contribution in [0.3, 0.4) is 0 Å². The number of pyridine rings is 1. The van der Waals surface area contributed by atoms with Crippen molar-refractivity contribution in [1.82, 2.24) is 24.6 Å². The smallest absolute Gasteiger partial charge is 0.293 e. The number of rotatable bonds is 2. The summed E-state index contributed by atoms with van der Waals surface area (Å²) in [7, 11) is 0. The Morgan fingerprint density at radius 2 is 2.00 bits per heavy atom. The molecule has 4 heterocycles. The lowest BCUT2D eigenvalue weighted by Gasteiger charge is -2.27. The Kier molecular flexibility index (Phi) is 3.74. The molecule has 7 heteroatoms. The Bertz CT molecular complexity index is 1000. The highest BCUT2D eigenvalue weighted by molar-refractivity contribution is 5.90. The number of hydrogen-bond acceptors (Lipinski definition) is 4. The van der Waals surface area contributed by atoms with Gasteiger partial charge in [0.05, 0.1) is 6.04 Å². The van der Waals surface area contributed by atoms with Crippen LogP contribution in [0.15, 0.2) is 48.8 Å². The highest BCUT2D eigenvalue weighted by Gasteiger charge is 2.37. The van der Waals surface area contributed by atoms with Crippen LogP contribution in [0.25, 0.3) is 0 Å². The van der Waals surface area contributed by atoms with E-state index in [1.165, 1.54) is 0 Å². The first kappa shape index (κ1) is 16.1. The molecule has 1 amide bonds. The first-order valence-electron chi connectivity index (χ1n) is 9.07. The van der Waals surface area contributed by atoms with Crippen LogP contribution >= 0.6 is 0 Å². The number of carbonyl (C=O) groups is 1. The largest absolute Gasteiger partial charge is 0.331 e. The monoisotopic (exact) mass is 363 g/mol. The Balaban J connectivity index is 1.43. The molecule has 2 aliphatic rings. The number of hydrogen-bond donors (Lipinski definition) is 0. The number of aromatic nitrogens is 4. The number of amides is 1. The van der Waals surface area contributed by atoms with Crippen LogP contribution < -0.4 is 0 Å². The van der Waals surface area contributed by atoms with Gasteiger partial charge in [-0.25, -0.2) is 14.1 Å². The quantitative estimate of drug-likeness (QED) is 0.702. The van der Waals surface area contributed by atoms with E-state index in [1.807, 2.05) is 42.6 Å². The molecule has 0 spiro atoms. The predicted octanol–water partition coefficient (Wildman–Crippen LogP) is 2.88. The summed E-state index contributed by atoms with van der Waals surface area (Å²) in [5.74, 6) is 0.0676. The van der Waals surface area contributed by atoms with Crippen LogP contribution in [-0.2, 0) is 13.0 Å². The molecule has 136 valence electrons. The molecule has 5 rings (SSSR count). The van der Waals surface area contributed by atoms with E-state index < -0.39 is 6.17 Å². The van der Waals surface area contributed by atoms with Crippen molar-refractivity contribution in [2.45, 2.75) is 31.6 Å². The number of fused-ring (bicyclic) bond motifs is 2. The molecule has 0 N–H and O–H groups in total. The molecule has 2 aromatic heterocycles. The van der Waals surface area contributed by atoms with Crippen molar-refractivity contribution in [3.05, 3.63) is 77.1 Å². The van der Waals surface area contributed by atoms with Crippen LogP contribution in [0.5, 0.6) is 0 Å². The minimum absolute atomic E-state index is 0.0748. The molecule has 2 atom stereocenters. The molecule has 0 saturated carbocycles. The second-order valence-electron chi connectivity index (χ2n) is 6.99. The zero-order valence-electron chi connectivity index (χ0n) is 14.6. The SMILES string of the molecule is O=C(c1nc2n(n1)[C@H](c1ccccc1)C[C@@H]2F)N1CCc2cnccc2C1.